The van der Waals surface area contributed by atoms with Crippen molar-refractivity contribution in [3.63, 3.8) is 0 Å². The highest BCUT2D eigenvalue weighted by atomic mass is 19.1. The molecule has 1 N–H and O–H groups in total. The number of aromatic nitrogens is 4. The van der Waals surface area contributed by atoms with Gasteiger partial charge in [0.15, 0.2) is 5.82 Å². The Hall–Kier alpha value is -2.57. The maximum Gasteiger partial charge on any atom is 0.247 e. The summed E-state index contributed by atoms with van der Waals surface area (Å²) in [7, 11) is 0. The van der Waals surface area contributed by atoms with Gasteiger partial charge in [-0.25, -0.2) is 4.39 Å². The van der Waals surface area contributed by atoms with Gasteiger partial charge in [-0.2, -0.15) is 4.68 Å². The third-order valence-corrected chi connectivity index (χ3v) is 2.00. The Balaban J connectivity index is 2.29. The van der Waals surface area contributed by atoms with Crippen molar-refractivity contribution >= 4 is 11.6 Å². The molecular weight excluding hydrogens is 225 g/mol. The second-order valence-corrected chi connectivity index (χ2v) is 3.11. The number of rotatable bonds is 3. The highest BCUT2D eigenvalue weighted by Crippen LogP contribution is 2.16. The van der Waals surface area contributed by atoms with Crippen LogP contribution in [0.2, 0.25) is 0 Å². The monoisotopic (exact) mass is 233 g/mol. The van der Waals surface area contributed by atoms with E-state index in [1.807, 2.05) is 0 Å². The second-order valence-electron chi connectivity index (χ2n) is 3.11. The number of nitrogens with zero attached hydrogens (tertiary/aromatic N) is 4. The quantitative estimate of drug-likeness (QED) is 0.800. The van der Waals surface area contributed by atoms with Crippen LogP contribution >= 0.6 is 0 Å². The van der Waals surface area contributed by atoms with Crippen LogP contribution in [0.4, 0.5) is 10.1 Å². The Labute approximate surface area is 95.8 Å². The number of amides is 1. The fourth-order valence-corrected chi connectivity index (χ4v) is 1.24. The van der Waals surface area contributed by atoms with Crippen molar-refractivity contribution in [3.05, 3.63) is 43.0 Å². The molecule has 0 fully saturated rings. The molecule has 1 amide bonds. The molecule has 0 radical (unpaired) electrons. The summed E-state index contributed by atoms with van der Waals surface area (Å²) in [6.07, 6.45) is 2.38. The molecule has 0 bridgehead atoms. The number of carbonyl (C=O) groups excluding carboxylic acids is 1. The first kappa shape index (κ1) is 10.9. The van der Waals surface area contributed by atoms with Gasteiger partial charge in [-0.3, -0.25) is 4.79 Å². The third kappa shape index (κ3) is 2.33. The number of benzene rings is 1. The fraction of sp³-hybridized carbons (Fsp3) is 0. The number of carbonyl (C=O) groups is 1. The molecular formula is C10H8FN5O. The van der Waals surface area contributed by atoms with E-state index in [0.29, 0.717) is 5.69 Å². The van der Waals surface area contributed by atoms with Crippen molar-refractivity contribution in [1.29, 1.82) is 0 Å². The SMILES string of the molecule is C=CC(=O)Nc1ccc(-n2cnnn2)c(F)c1. The predicted octanol–water partition coefficient (Wildman–Crippen LogP) is 0.926. The van der Waals surface area contributed by atoms with E-state index in [0.717, 1.165) is 6.08 Å². The van der Waals surface area contributed by atoms with E-state index in [-0.39, 0.29) is 5.69 Å². The van der Waals surface area contributed by atoms with E-state index < -0.39 is 11.7 Å². The largest absolute Gasteiger partial charge is 0.322 e. The molecule has 0 saturated heterocycles. The summed E-state index contributed by atoms with van der Waals surface area (Å²) in [5.41, 5.74) is 0.538. The van der Waals surface area contributed by atoms with Crippen molar-refractivity contribution in [2.75, 3.05) is 5.32 Å². The predicted molar refractivity (Wildman–Crippen MR) is 57.9 cm³/mol. The molecule has 2 rings (SSSR count). The van der Waals surface area contributed by atoms with Gasteiger partial charge in [0.1, 0.15) is 12.0 Å². The van der Waals surface area contributed by atoms with Gasteiger partial charge >= 0.3 is 0 Å². The Morgan fingerprint density at radius 2 is 2.35 bits per heavy atom. The first-order chi connectivity index (χ1) is 8.20. The van der Waals surface area contributed by atoms with E-state index in [1.165, 1.54) is 23.1 Å². The molecule has 0 saturated carbocycles. The summed E-state index contributed by atoms with van der Waals surface area (Å²) in [4.78, 5) is 11.0. The number of halogens is 1. The van der Waals surface area contributed by atoms with Gasteiger partial charge in [-0.05, 0) is 34.7 Å². The Morgan fingerprint density at radius 3 is 2.94 bits per heavy atom. The molecule has 0 aliphatic carbocycles. The molecule has 0 atom stereocenters. The lowest BCUT2D eigenvalue weighted by Crippen LogP contribution is -2.08. The normalized spacial score (nSPS) is 9.94. The van der Waals surface area contributed by atoms with Crippen molar-refractivity contribution in [2.45, 2.75) is 0 Å². The molecule has 0 aliphatic heterocycles. The number of hydrogen-bond donors (Lipinski definition) is 1. The van der Waals surface area contributed by atoms with E-state index in [1.54, 1.807) is 6.07 Å². The van der Waals surface area contributed by atoms with Crippen LogP contribution in [0.15, 0.2) is 37.2 Å². The molecule has 6 nitrogen and oxygen atoms in total. The van der Waals surface area contributed by atoms with E-state index in [4.69, 9.17) is 0 Å². The number of hydrogen-bond acceptors (Lipinski definition) is 4. The minimum absolute atomic E-state index is 0.201. The van der Waals surface area contributed by atoms with Gasteiger partial charge in [0, 0.05) is 5.69 Å². The van der Waals surface area contributed by atoms with Gasteiger partial charge in [0.05, 0.1) is 0 Å². The Kier molecular flexibility index (Phi) is 2.91. The van der Waals surface area contributed by atoms with Gasteiger partial charge in [-0.1, -0.05) is 6.58 Å². The zero-order valence-corrected chi connectivity index (χ0v) is 8.67. The van der Waals surface area contributed by atoms with Crippen LogP contribution in [0.5, 0.6) is 0 Å². The zero-order valence-electron chi connectivity index (χ0n) is 8.67. The highest BCUT2D eigenvalue weighted by Gasteiger charge is 2.07. The highest BCUT2D eigenvalue weighted by molar-refractivity contribution is 5.98. The van der Waals surface area contributed by atoms with Crippen LogP contribution in [0.1, 0.15) is 0 Å². The lowest BCUT2D eigenvalue weighted by atomic mass is 10.2. The van der Waals surface area contributed by atoms with Crippen LogP contribution in [0.25, 0.3) is 5.69 Å². The van der Waals surface area contributed by atoms with Crippen LogP contribution in [0.3, 0.4) is 0 Å². The number of anilines is 1. The molecule has 0 spiro atoms. The maximum absolute atomic E-state index is 13.7. The maximum atomic E-state index is 13.7. The van der Waals surface area contributed by atoms with Crippen molar-refractivity contribution < 1.29 is 9.18 Å². The zero-order chi connectivity index (χ0) is 12.3. The van der Waals surface area contributed by atoms with Crippen LogP contribution in [0, 0.1) is 5.82 Å². The standard InChI is InChI=1S/C10H8FN5O/c1-2-10(17)13-7-3-4-9(8(11)5-7)16-6-12-14-15-16/h2-6H,1H2,(H,13,17). The van der Waals surface area contributed by atoms with Crippen molar-refractivity contribution in [3.8, 4) is 5.69 Å². The van der Waals surface area contributed by atoms with Gasteiger partial charge < -0.3 is 5.32 Å². The molecule has 1 heterocycles. The first-order valence-corrected chi connectivity index (χ1v) is 4.67. The molecule has 17 heavy (non-hydrogen) atoms. The summed E-state index contributed by atoms with van der Waals surface area (Å²) in [6.45, 7) is 3.30. The fourth-order valence-electron chi connectivity index (χ4n) is 1.24. The van der Waals surface area contributed by atoms with E-state index >= 15 is 0 Å². The van der Waals surface area contributed by atoms with Crippen molar-refractivity contribution in [2.24, 2.45) is 0 Å². The first-order valence-electron chi connectivity index (χ1n) is 4.67. The minimum atomic E-state index is -0.542. The van der Waals surface area contributed by atoms with Gasteiger partial charge in [-0.15, -0.1) is 5.10 Å². The summed E-state index contributed by atoms with van der Waals surface area (Å²) in [5.74, 6) is -0.946. The lowest BCUT2D eigenvalue weighted by Gasteiger charge is -2.05. The molecule has 0 aliphatic rings. The van der Waals surface area contributed by atoms with Crippen LogP contribution < -0.4 is 5.32 Å². The third-order valence-electron chi connectivity index (χ3n) is 2.00. The smallest absolute Gasteiger partial charge is 0.247 e. The molecule has 86 valence electrons. The van der Waals surface area contributed by atoms with E-state index in [2.05, 4.69) is 27.4 Å². The summed E-state index contributed by atoms with van der Waals surface area (Å²) in [5, 5.41) is 12.8. The molecule has 7 heteroatoms. The van der Waals surface area contributed by atoms with Crippen LogP contribution in [-0.4, -0.2) is 26.1 Å². The molecule has 1 aromatic heterocycles. The van der Waals surface area contributed by atoms with Gasteiger partial charge in [0.25, 0.3) is 0 Å². The molecule has 1 aromatic carbocycles. The van der Waals surface area contributed by atoms with E-state index in [9.17, 15) is 9.18 Å². The average Bonchev–Trinajstić information content (AvgIpc) is 2.82. The lowest BCUT2D eigenvalue weighted by molar-refractivity contribution is -0.111. The topological polar surface area (TPSA) is 72.7 Å². The Morgan fingerprint density at radius 1 is 1.53 bits per heavy atom. The summed E-state index contributed by atoms with van der Waals surface area (Å²) < 4.78 is 14.9. The average molecular weight is 233 g/mol. The summed E-state index contributed by atoms with van der Waals surface area (Å²) in [6, 6.07) is 4.18. The molecule has 2 aromatic rings. The Bertz CT molecular complexity index is 552. The number of nitrogens with one attached hydrogen (secondary N) is 1. The number of tetrazole rings is 1. The summed E-state index contributed by atoms with van der Waals surface area (Å²) >= 11 is 0. The molecule has 0 unspecified atom stereocenters. The van der Waals surface area contributed by atoms with Crippen molar-refractivity contribution in [1.82, 2.24) is 20.2 Å². The van der Waals surface area contributed by atoms with Gasteiger partial charge in [0.2, 0.25) is 5.91 Å². The van der Waals surface area contributed by atoms with Crippen LogP contribution in [-0.2, 0) is 4.79 Å². The second kappa shape index (κ2) is 4.52. The minimum Gasteiger partial charge on any atom is -0.322 e.